The summed E-state index contributed by atoms with van der Waals surface area (Å²) in [5, 5.41) is 11.0. The summed E-state index contributed by atoms with van der Waals surface area (Å²) >= 11 is 0. The van der Waals surface area contributed by atoms with Crippen LogP contribution < -0.4 is 0 Å². The van der Waals surface area contributed by atoms with E-state index in [1.807, 2.05) is 13.1 Å². The Labute approximate surface area is 63.1 Å². The minimum Gasteiger partial charge on any atom is -0.256 e. The zero-order chi connectivity index (χ0) is 7.68. The van der Waals surface area contributed by atoms with E-state index in [0.29, 0.717) is 5.65 Å². The monoisotopic (exact) mass is 149 g/mol. The minimum atomic E-state index is 0.683. The maximum atomic E-state index is 4.13. The molecule has 0 atom stereocenters. The molecule has 0 fully saturated rings. The lowest BCUT2D eigenvalue weighted by molar-refractivity contribution is 0.809. The molecule has 0 spiro atoms. The molecule has 0 radical (unpaired) electrons. The highest BCUT2D eigenvalue weighted by Gasteiger charge is 1.96. The van der Waals surface area contributed by atoms with E-state index in [4.69, 9.17) is 0 Å². The van der Waals surface area contributed by atoms with Gasteiger partial charge in [0.25, 0.3) is 0 Å². The first kappa shape index (κ1) is 6.21. The predicted octanol–water partition coefficient (Wildman–Crippen LogP) is 0.0817. The van der Waals surface area contributed by atoms with E-state index in [9.17, 15) is 0 Å². The smallest absolute Gasteiger partial charge is 0.197 e. The number of hydrogen-bond acceptors (Lipinski definition) is 4. The van der Waals surface area contributed by atoms with Gasteiger partial charge in [0, 0.05) is 0 Å². The number of rotatable bonds is 1. The number of aryl methyl sites for hydroxylation is 1. The fourth-order valence-corrected chi connectivity index (χ4v) is 0.875. The summed E-state index contributed by atoms with van der Waals surface area (Å²) in [5.74, 6) is 0. The molecule has 0 bridgehead atoms. The first-order valence-electron chi connectivity index (χ1n) is 3.43. The van der Waals surface area contributed by atoms with Crippen molar-refractivity contribution >= 4 is 5.65 Å². The van der Waals surface area contributed by atoms with Crippen molar-refractivity contribution in [3.05, 3.63) is 18.1 Å². The highest BCUT2D eigenvalue weighted by atomic mass is 15.5. The molecule has 2 aromatic heterocycles. The van der Waals surface area contributed by atoms with Crippen molar-refractivity contribution in [3.8, 4) is 0 Å². The van der Waals surface area contributed by atoms with Crippen LogP contribution in [0.25, 0.3) is 5.65 Å². The fourth-order valence-electron chi connectivity index (χ4n) is 0.875. The number of hydrogen-bond donors (Lipinski definition) is 0. The van der Waals surface area contributed by atoms with E-state index in [1.54, 1.807) is 10.7 Å². The van der Waals surface area contributed by atoms with Gasteiger partial charge < -0.3 is 0 Å². The molecule has 0 aliphatic rings. The van der Waals surface area contributed by atoms with E-state index in [-0.39, 0.29) is 0 Å². The Hall–Kier alpha value is -1.52. The largest absolute Gasteiger partial charge is 0.256 e. The van der Waals surface area contributed by atoms with Crippen LogP contribution in [0.5, 0.6) is 0 Å². The maximum Gasteiger partial charge on any atom is 0.197 e. The standard InChI is InChI=1S/C6H7N5/c1-2-5-4-11-6(3-7-5)8-9-10-11/h3-4H,2H2,1H3. The lowest BCUT2D eigenvalue weighted by atomic mass is 10.4. The van der Waals surface area contributed by atoms with Gasteiger partial charge >= 0.3 is 0 Å². The molecule has 0 aliphatic carbocycles. The first-order chi connectivity index (χ1) is 5.40. The van der Waals surface area contributed by atoms with Crippen LogP contribution in [0.3, 0.4) is 0 Å². The molecule has 2 rings (SSSR count). The van der Waals surface area contributed by atoms with Crippen LogP contribution in [-0.2, 0) is 6.42 Å². The van der Waals surface area contributed by atoms with Gasteiger partial charge in [-0.15, -0.1) is 5.10 Å². The average molecular weight is 149 g/mol. The summed E-state index contributed by atoms with van der Waals surface area (Å²) in [6.45, 7) is 2.04. The van der Waals surface area contributed by atoms with Gasteiger partial charge in [-0.2, -0.15) is 4.52 Å². The number of nitrogens with zero attached hydrogens (tertiary/aromatic N) is 5. The summed E-state index contributed by atoms with van der Waals surface area (Å²) < 4.78 is 1.62. The van der Waals surface area contributed by atoms with Gasteiger partial charge in [-0.3, -0.25) is 4.98 Å². The van der Waals surface area contributed by atoms with Crippen LogP contribution in [0.2, 0.25) is 0 Å². The van der Waals surface area contributed by atoms with Crippen LogP contribution in [0, 0.1) is 0 Å². The molecule has 0 aromatic carbocycles. The molecule has 0 aliphatic heterocycles. The van der Waals surface area contributed by atoms with Crippen LogP contribution >= 0.6 is 0 Å². The number of aromatic nitrogens is 5. The molecular weight excluding hydrogens is 142 g/mol. The van der Waals surface area contributed by atoms with Crippen molar-refractivity contribution < 1.29 is 0 Å². The SMILES string of the molecule is CCc1cn2nnnc2cn1. The Morgan fingerprint density at radius 3 is 3.27 bits per heavy atom. The second-order valence-electron chi connectivity index (χ2n) is 2.21. The lowest BCUT2D eigenvalue weighted by Gasteiger charge is -1.93. The normalized spacial score (nSPS) is 10.6. The number of fused-ring (bicyclic) bond motifs is 1. The Morgan fingerprint density at radius 2 is 2.45 bits per heavy atom. The number of tetrazole rings is 1. The van der Waals surface area contributed by atoms with Gasteiger partial charge in [0.1, 0.15) is 0 Å². The van der Waals surface area contributed by atoms with Crippen molar-refractivity contribution in [3.63, 3.8) is 0 Å². The van der Waals surface area contributed by atoms with Crippen LogP contribution in [0.15, 0.2) is 12.4 Å². The molecule has 0 amide bonds. The van der Waals surface area contributed by atoms with E-state index in [0.717, 1.165) is 12.1 Å². The van der Waals surface area contributed by atoms with Gasteiger partial charge in [0.05, 0.1) is 18.1 Å². The molecule has 0 N–H and O–H groups in total. The lowest BCUT2D eigenvalue weighted by Crippen LogP contribution is -1.93. The second-order valence-corrected chi connectivity index (χ2v) is 2.21. The van der Waals surface area contributed by atoms with Gasteiger partial charge in [0.2, 0.25) is 0 Å². The molecule has 11 heavy (non-hydrogen) atoms. The van der Waals surface area contributed by atoms with Crippen LogP contribution in [0.4, 0.5) is 0 Å². The second kappa shape index (κ2) is 2.26. The van der Waals surface area contributed by atoms with Gasteiger partial charge in [0.15, 0.2) is 5.65 Å². The topological polar surface area (TPSA) is 56.0 Å². The molecule has 0 unspecified atom stereocenters. The molecule has 5 heteroatoms. The van der Waals surface area contributed by atoms with Crippen molar-refractivity contribution in [1.82, 2.24) is 25.0 Å². The minimum absolute atomic E-state index is 0.683. The van der Waals surface area contributed by atoms with Crippen LogP contribution in [0.1, 0.15) is 12.6 Å². The maximum absolute atomic E-state index is 4.13. The zero-order valence-corrected chi connectivity index (χ0v) is 6.10. The molecule has 0 saturated carbocycles. The summed E-state index contributed by atoms with van der Waals surface area (Å²) in [7, 11) is 0. The first-order valence-corrected chi connectivity index (χ1v) is 3.43. The van der Waals surface area contributed by atoms with Gasteiger partial charge in [-0.1, -0.05) is 6.92 Å². The average Bonchev–Trinajstić information content (AvgIpc) is 2.50. The zero-order valence-electron chi connectivity index (χ0n) is 6.10. The quantitative estimate of drug-likeness (QED) is 0.576. The summed E-state index contributed by atoms with van der Waals surface area (Å²) in [6.07, 6.45) is 4.39. The van der Waals surface area contributed by atoms with Crippen molar-refractivity contribution in [2.24, 2.45) is 0 Å². The Kier molecular flexibility index (Phi) is 1.28. The molecular formula is C6H7N5. The third-order valence-corrected chi connectivity index (χ3v) is 1.50. The highest BCUT2D eigenvalue weighted by Crippen LogP contribution is 1.96. The van der Waals surface area contributed by atoms with Crippen molar-refractivity contribution in [1.29, 1.82) is 0 Å². The molecule has 5 nitrogen and oxygen atoms in total. The molecule has 2 heterocycles. The molecule has 56 valence electrons. The Morgan fingerprint density at radius 1 is 1.55 bits per heavy atom. The fraction of sp³-hybridized carbons (Fsp3) is 0.333. The summed E-state index contributed by atoms with van der Waals surface area (Å²) in [4.78, 5) is 4.13. The van der Waals surface area contributed by atoms with E-state index < -0.39 is 0 Å². The highest BCUT2D eigenvalue weighted by molar-refractivity contribution is 5.30. The van der Waals surface area contributed by atoms with E-state index in [1.165, 1.54) is 0 Å². The van der Waals surface area contributed by atoms with Crippen molar-refractivity contribution in [2.75, 3.05) is 0 Å². The van der Waals surface area contributed by atoms with E-state index in [2.05, 4.69) is 20.5 Å². The third-order valence-electron chi connectivity index (χ3n) is 1.50. The van der Waals surface area contributed by atoms with E-state index >= 15 is 0 Å². The third kappa shape index (κ3) is 0.938. The Bertz CT molecular complexity index is 366. The predicted molar refractivity (Wildman–Crippen MR) is 38.0 cm³/mol. The van der Waals surface area contributed by atoms with Crippen LogP contribution in [-0.4, -0.2) is 25.0 Å². The molecule has 2 aromatic rings. The summed E-state index contributed by atoms with van der Waals surface area (Å²) in [5.41, 5.74) is 1.67. The Balaban J connectivity index is 2.67. The van der Waals surface area contributed by atoms with Gasteiger partial charge in [-0.25, -0.2) is 0 Å². The molecule has 0 saturated heterocycles. The van der Waals surface area contributed by atoms with Crippen molar-refractivity contribution in [2.45, 2.75) is 13.3 Å². The van der Waals surface area contributed by atoms with Gasteiger partial charge in [-0.05, 0) is 16.8 Å². The summed E-state index contributed by atoms with van der Waals surface area (Å²) in [6, 6.07) is 0.